The van der Waals surface area contributed by atoms with Crippen LogP contribution in [0.5, 0.6) is 0 Å². The van der Waals surface area contributed by atoms with Gasteiger partial charge >= 0.3 is 6.09 Å². The molecule has 2 atom stereocenters. The number of cyclic esters (lactones) is 1. The number of carbonyl (C=O) groups excluding carboxylic acids is 1. The molecule has 4 nitrogen and oxygen atoms in total. The van der Waals surface area contributed by atoms with Gasteiger partial charge in [-0.2, -0.15) is 12.1 Å². The van der Waals surface area contributed by atoms with Crippen LogP contribution in [0.15, 0.2) is 24.3 Å². The van der Waals surface area contributed by atoms with Crippen LogP contribution in [0.2, 0.25) is 0 Å². The van der Waals surface area contributed by atoms with Gasteiger partial charge in [-0.05, 0) is 0 Å². The summed E-state index contributed by atoms with van der Waals surface area (Å²) >= 11 is 0. The molecule has 1 heterocycles. The van der Waals surface area contributed by atoms with Crippen LogP contribution in [0.4, 0.5) is 4.79 Å². The van der Waals surface area contributed by atoms with Gasteiger partial charge in [0.25, 0.3) is 0 Å². The maximum atomic E-state index is 10.9. The first-order valence-corrected chi connectivity index (χ1v) is 4.11. The van der Waals surface area contributed by atoms with Gasteiger partial charge in [-0.3, -0.25) is 0 Å². The Morgan fingerprint density at radius 2 is 2.54 bits per heavy atom. The van der Waals surface area contributed by atoms with Crippen LogP contribution in [0.1, 0.15) is 11.6 Å². The van der Waals surface area contributed by atoms with E-state index in [-0.39, 0.29) is 12.6 Å². The fourth-order valence-electron chi connectivity index (χ4n) is 1.50. The molecule has 4 heteroatoms. The second-order valence-corrected chi connectivity index (χ2v) is 2.97. The molecule has 0 spiro atoms. The number of carbonyl (C=O) groups is 1. The van der Waals surface area contributed by atoms with Crippen LogP contribution in [0.25, 0.3) is 0 Å². The fraction of sp³-hybridized carbons (Fsp3) is 0.333. The summed E-state index contributed by atoms with van der Waals surface area (Å²) in [5.74, 6) is 0. The van der Waals surface area contributed by atoms with Crippen LogP contribution in [0, 0.1) is 0 Å². The highest BCUT2D eigenvalue weighted by atomic mass is 16.6. The zero-order chi connectivity index (χ0) is 9.26. The van der Waals surface area contributed by atoms with Crippen molar-refractivity contribution in [3.8, 4) is 0 Å². The van der Waals surface area contributed by atoms with Crippen LogP contribution in [-0.4, -0.2) is 23.9 Å². The Balaban J connectivity index is 2.19. The summed E-state index contributed by atoms with van der Waals surface area (Å²) < 4.78 is 4.85. The first-order chi connectivity index (χ1) is 6.31. The summed E-state index contributed by atoms with van der Waals surface area (Å²) in [7, 11) is 0. The standard InChI is InChI=1S/C9H10NO3/c11-5-7-8(10-9(12)13-7)6-3-1-2-4-6/h1-4,7-8,11H,5H2,(H,10,12)/q-1/t7-,8-/m1/s1. The topological polar surface area (TPSA) is 58.6 Å². The van der Waals surface area contributed by atoms with Gasteiger partial charge in [0, 0.05) is 0 Å². The molecule has 1 aliphatic heterocycles. The first-order valence-electron chi connectivity index (χ1n) is 4.11. The molecular weight excluding hydrogens is 170 g/mol. The summed E-state index contributed by atoms with van der Waals surface area (Å²) in [4.78, 5) is 10.9. The van der Waals surface area contributed by atoms with Crippen molar-refractivity contribution >= 4 is 6.09 Å². The molecule has 1 aromatic carbocycles. The SMILES string of the molecule is O=C1N[C@H](c2ccc[cH-]2)[C@@H](CO)O1. The van der Waals surface area contributed by atoms with Gasteiger partial charge in [0.1, 0.15) is 6.10 Å². The molecule has 0 aromatic heterocycles. The summed E-state index contributed by atoms with van der Waals surface area (Å²) in [6.45, 7) is -0.158. The third kappa shape index (κ3) is 1.40. The Morgan fingerprint density at radius 1 is 1.69 bits per heavy atom. The van der Waals surface area contributed by atoms with E-state index in [1.54, 1.807) is 0 Å². The van der Waals surface area contributed by atoms with Crippen molar-refractivity contribution in [3.63, 3.8) is 0 Å². The molecule has 0 saturated carbocycles. The van der Waals surface area contributed by atoms with E-state index in [0.29, 0.717) is 0 Å². The molecule has 70 valence electrons. The average Bonchev–Trinajstić information content (AvgIpc) is 2.71. The van der Waals surface area contributed by atoms with Crippen molar-refractivity contribution in [2.24, 2.45) is 0 Å². The van der Waals surface area contributed by atoms with E-state index < -0.39 is 12.2 Å². The van der Waals surface area contributed by atoms with Crippen molar-refractivity contribution in [2.75, 3.05) is 6.61 Å². The molecular formula is C9H10NO3-. The predicted octanol–water partition coefficient (Wildman–Crippen LogP) is 0.547. The summed E-state index contributed by atoms with van der Waals surface area (Å²) in [5, 5.41) is 11.6. The molecule has 1 fully saturated rings. The number of hydrogen-bond donors (Lipinski definition) is 2. The zero-order valence-corrected chi connectivity index (χ0v) is 6.93. The normalized spacial score (nSPS) is 27.0. The van der Waals surface area contributed by atoms with E-state index in [1.165, 1.54) is 0 Å². The van der Waals surface area contributed by atoms with Crippen LogP contribution in [0.3, 0.4) is 0 Å². The van der Waals surface area contributed by atoms with Gasteiger partial charge in [0.05, 0.1) is 12.6 Å². The maximum absolute atomic E-state index is 10.9. The monoisotopic (exact) mass is 180 g/mol. The van der Waals surface area contributed by atoms with Gasteiger partial charge < -0.3 is 15.2 Å². The molecule has 0 radical (unpaired) electrons. The predicted molar refractivity (Wildman–Crippen MR) is 45.3 cm³/mol. The molecule has 0 unspecified atom stereocenters. The minimum Gasteiger partial charge on any atom is -0.441 e. The highest BCUT2D eigenvalue weighted by Gasteiger charge is 2.32. The molecule has 2 N–H and O–H groups in total. The molecule has 13 heavy (non-hydrogen) atoms. The van der Waals surface area contributed by atoms with Crippen LogP contribution < -0.4 is 5.32 Å². The Morgan fingerprint density at radius 3 is 3.15 bits per heavy atom. The van der Waals surface area contributed by atoms with E-state index in [4.69, 9.17) is 9.84 Å². The Hall–Kier alpha value is -1.42. The Labute approximate surface area is 75.5 Å². The second kappa shape index (κ2) is 3.14. The lowest BCUT2D eigenvalue weighted by molar-refractivity contribution is 0.0829. The third-order valence-corrected chi connectivity index (χ3v) is 2.13. The summed E-state index contributed by atoms with van der Waals surface area (Å²) in [6.07, 6.45) is -0.930. The van der Waals surface area contributed by atoms with Gasteiger partial charge in [-0.1, -0.05) is 0 Å². The molecule has 0 aliphatic carbocycles. The summed E-state index contributed by atoms with van der Waals surface area (Å²) in [6, 6.07) is 7.33. The summed E-state index contributed by atoms with van der Waals surface area (Å²) in [5.41, 5.74) is 0.963. The van der Waals surface area contributed by atoms with E-state index in [0.717, 1.165) is 5.56 Å². The lowest BCUT2D eigenvalue weighted by Gasteiger charge is -2.16. The fourth-order valence-corrected chi connectivity index (χ4v) is 1.50. The second-order valence-electron chi connectivity index (χ2n) is 2.97. The average molecular weight is 180 g/mol. The first kappa shape index (κ1) is 8.19. The van der Waals surface area contributed by atoms with Crippen molar-refractivity contribution < 1.29 is 14.6 Å². The number of rotatable bonds is 2. The number of ether oxygens (including phenoxy) is 1. The Bertz CT molecular complexity index is 294. The van der Waals surface area contributed by atoms with E-state index in [1.807, 2.05) is 24.3 Å². The number of hydrogen-bond acceptors (Lipinski definition) is 3. The molecule has 1 aromatic rings. The highest BCUT2D eigenvalue weighted by molar-refractivity contribution is 5.70. The van der Waals surface area contributed by atoms with Gasteiger partial charge in [-0.25, -0.2) is 16.9 Å². The number of amides is 1. The van der Waals surface area contributed by atoms with E-state index in [2.05, 4.69) is 5.32 Å². The quantitative estimate of drug-likeness (QED) is 0.653. The minimum absolute atomic E-state index is 0.158. The van der Waals surface area contributed by atoms with Crippen molar-refractivity contribution in [1.29, 1.82) is 0 Å². The van der Waals surface area contributed by atoms with Crippen molar-refractivity contribution in [2.45, 2.75) is 12.1 Å². The lowest BCUT2D eigenvalue weighted by Crippen LogP contribution is -2.24. The number of alkyl carbamates (subject to hydrolysis) is 1. The van der Waals surface area contributed by atoms with E-state index in [9.17, 15) is 4.79 Å². The molecule has 2 rings (SSSR count). The largest absolute Gasteiger partial charge is 0.441 e. The number of aliphatic hydroxyl groups excluding tert-OH is 1. The number of nitrogens with one attached hydrogen (secondary N) is 1. The molecule has 1 aliphatic rings. The van der Waals surface area contributed by atoms with Crippen LogP contribution >= 0.6 is 0 Å². The molecule has 0 bridgehead atoms. The van der Waals surface area contributed by atoms with Crippen LogP contribution in [-0.2, 0) is 4.74 Å². The highest BCUT2D eigenvalue weighted by Crippen LogP contribution is 2.24. The zero-order valence-electron chi connectivity index (χ0n) is 6.93. The molecule has 1 amide bonds. The van der Waals surface area contributed by atoms with E-state index >= 15 is 0 Å². The van der Waals surface area contributed by atoms with Gasteiger partial charge in [0.15, 0.2) is 0 Å². The van der Waals surface area contributed by atoms with Crippen molar-refractivity contribution in [3.05, 3.63) is 29.8 Å². The maximum Gasteiger partial charge on any atom is 0.408 e. The number of aliphatic hydroxyl groups is 1. The minimum atomic E-state index is -0.467. The van der Waals surface area contributed by atoms with Gasteiger partial charge in [-0.15, -0.1) is 5.56 Å². The third-order valence-electron chi connectivity index (χ3n) is 2.13. The molecule has 1 saturated heterocycles. The Kier molecular flexibility index (Phi) is 1.98. The van der Waals surface area contributed by atoms with Crippen molar-refractivity contribution in [1.82, 2.24) is 5.32 Å². The smallest absolute Gasteiger partial charge is 0.408 e. The lowest BCUT2D eigenvalue weighted by atomic mass is 10.1. The van der Waals surface area contributed by atoms with Gasteiger partial charge in [0.2, 0.25) is 0 Å².